The van der Waals surface area contributed by atoms with Gasteiger partial charge in [0.15, 0.2) is 5.13 Å². The maximum absolute atomic E-state index is 13.8. The van der Waals surface area contributed by atoms with E-state index in [1.54, 1.807) is 34.8 Å². The zero-order valence-electron chi connectivity index (χ0n) is 19.7. The van der Waals surface area contributed by atoms with Gasteiger partial charge in [-0.15, -0.1) is 11.3 Å². The minimum atomic E-state index is -3.52. The molecule has 0 aliphatic carbocycles. The summed E-state index contributed by atoms with van der Waals surface area (Å²) in [5, 5.41) is 2.37. The molecular formula is C25H26N4O4S3. The Morgan fingerprint density at radius 3 is 2.72 bits per heavy atom. The number of pyridine rings is 1. The molecule has 0 N–H and O–H groups in total. The van der Waals surface area contributed by atoms with Gasteiger partial charge in [-0.3, -0.25) is 14.7 Å². The Morgan fingerprint density at radius 2 is 2.03 bits per heavy atom. The van der Waals surface area contributed by atoms with E-state index in [0.717, 1.165) is 21.5 Å². The van der Waals surface area contributed by atoms with E-state index in [0.29, 0.717) is 48.4 Å². The van der Waals surface area contributed by atoms with E-state index in [4.69, 9.17) is 9.72 Å². The van der Waals surface area contributed by atoms with Gasteiger partial charge >= 0.3 is 0 Å². The number of hydrogen-bond acceptors (Lipinski definition) is 8. The molecule has 0 atom stereocenters. The molecule has 1 aliphatic rings. The number of sulfonamides is 1. The van der Waals surface area contributed by atoms with Crippen LogP contribution in [0.5, 0.6) is 5.75 Å². The van der Waals surface area contributed by atoms with Crippen LogP contribution in [0.1, 0.15) is 25.3 Å². The second kappa shape index (κ2) is 10.6. The van der Waals surface area contributed by atoms with Crippen molar-refractivity contribution in [2.75, 3.05) is 24.6 Å². The fourth-order valence-electron chi connectivity index (χ4n) is 4.28. The highest BCUT2D eigenvalue weighted by Gasteiger charge is 2.35. The number of hydrogen-bond donors (Lipinski definition) is 0. The number of piperidine rings is 1. The fourth-order valence-corrected chi connectivity index (χ4v) is 7.89. The summed E-state index contributed by atoms with van der Waals surface area (Å²) in [6, 6.07) is 12.9. The van der Waals surface area contributed by atoms with Crippen molar-refractivity contribution in [3.05, 3.63) is 65.8 Å². The second-order valence-electron chi connectivity index (χ2n) is 8.46. The summed E-state index contributed by atoms with van der Waals surface area (Å²) in [6.07, 6.45) is 4.38. The van der Waals surface area contributed by atoms with Crippen LogP contribution in [-0.4, -0.2) is 48.3 Å². The van der Waals surface area contributed by atoms with Crippen LogP contribution in [0.4, 0.5) is 5.13 Å². The SMILES string of the molecule is CCOc1ccc2nc(N(Cc3cccnc3)C(=O)C3CCN(S(=O)(=O)c4cccs4)CC3)sc2c1. The Balaban J connectivity index is 1.38. The fraction of sp³-hybridized carbons (Fsp3) is 0.320. The van der Waals surface area contributed by atoms with Gasteiger partial charge in [-0.25, -0.2) is 13.4 Å². The predicted molar refractivity (Wildman–Crippen MR) is 142 cm³/mol. The monoisotopic (exact) mass is 542 g/mol. The number of carbonyl (C=O) groups is 1. The highest BCUT2D eigenvalue weighted by atomic mass is 32.2. The van der Waals surface area contributed by atoms with Crippen molar-refractivity contribution >= 4 is 54.0 Å². The van der Waals surface area contributed by atoms with E-state index in [1.807, 2.05) is 37.3 Å². The topological polar surface area (TPSA) is 92.7 Å². The van der Waals surface area contributed by atoms with Gasteiger partial charge in [0, 0.05) is 31.4 Å². The number of fused-ring (bicyclic) bond motifs is 1. The lowest BCUT2D eigenvalue weighted by molar-refractivity contribution is -0.123. The highest BCUT2D eigenvalue weighted by Crippen LogP contribution is 2.35. The van der Waals surface area contributed by atoms with Crippen molar-refractivity contribution in [2.24, 2.45) is 5.92 Å². The molecule has 1 amide bonds. The lowest BCUT2D eigenvalue weighted by Crippen LogP contribution is -2.44. The molecule has 0 radical (unpaired) electrons. The van der Waals surface area contributed by atoms with Gasteiger partial charge in [0.1, 0.15) is 9.96 Å². The van der Waals surface area contributed by atoms with Gasteiger partial charge in [-0.2, -0.15) is 4.31 Å². The summed E-state index contributed by atoms with van der Waals surface area (Å²) < 4.78 is 34.2. The number of thiazole rings is 1. The van der Waals surface area contributed by atoms with Crippen LogP contribution in [0.2, 0.25) is 0 Å². The number of benzene rings is 1. The van der Waals surface area contributed by atoms with Crippen molar-refractivity contribution < 1.29 is 17.9 Å². The first-order valence-corrected chi connectivity index (χ1v) is 14.9. The van der Waals surface area contributed by atoms with E-state index in [1.165, 1.54) is 27.0 Å². The summed E-state index contributed by atoms with van der Waals surface area (Å²) in [5.41, 5.74) is 1.71. The van der Waals surface area contributed by atoms with Crippen molar-refractivity contribution in [3.8, 4) is 5.75 Å². The molecule has 1 aromatic carbocycles. The van der Waals surface area contributed by atoms with Crippen LogP contribution < -0.4 is 9.64 Å². The molecule has 1 aliphatic heterocycles. The van der Waals surface area contributed by atoms with Gasteiger partial charge < -0.3 is 4.74 Å². The quantitative estimate of drug-likeness (QED) is 0.318. The van der Waals surface area contributed by atoms with Crippen LogP contribution >= 0.6 is 22.7 Å². The second-order valence-corrected chi connectivity index (χ2v) is 12.6. The Labute approximate surface area is 218 Å². The van der Waals surface area contributed by atoms with Crippen molar-refractivity contribution in [2.45, 2.75) is 30.5 Å². The molecule has 36 heavy (non-hydrogen) atoms. The van der Waals surface area contributed by atoms with Crippen LogP contribution in [0.25, 0.3) is 10.2 Å². The van der Waals surface area contributed by atoms with E-state index in [-0.39, 0.29) is 11.8 Å². The molecule has 4 heterocycles. The van der Waals surface area contributed by atoms with Crippen LogP contribution in [0.15, 0.2) is 64.4 Å². The zero-order valence-corrected chi connectivity index (χ0v) is 22.2. The van der Waals surface area contributed by atoms with Gasteiger partial charge in [-0.05, 0) is 61.0 Å². The number of nitrogens with zero attached hydrogens (tertiary/aromatic N) is 4. The Hall–Kier alpha value is -2.86. The first kappa shape index (κ1) is 24.8. The third-order valence-electron chi connectivity index (χ3n) is 6.11. The first-order chi connectivity index (χ1) is 17.5. The molecule has 4 aromatic rings. The number of thiophene rings is 1. The number of rotatable bonds is 8. The standard InChI is InChI=1S/C25H26N4O4S3/c1-2-33-20-7-8-21-22(15-20)35-25(27-21)29(17-18-5-3-11-26-16-18)24(30)19-9-12-28(13-10-19)36(31,32)23-6-4-14-34-23/h3-8,11,14-16,19H,2,9-10,12-13,17H2,1H3. The predicted octanol–water partition coefficient (Wildman–Crippen LogP) is 4.79. The van der Waals surface area contributed by atoms with Crippen LogP contribution in [0.3, 0.4) is 0 Å². The molecule has 8 nitrogen and oxygen atoms in total. The van der Waals surface area contributed by atoms with E-state index >= 15 is 0 Å². The van der Waals surface area contributed by atoms with Crippen molar-refractivity contribution in [3.63, 3.8) is 0 Å². The Morgan fingerprint density at radius 1 is 1.19 bits per heavy atom. The molecular weight excluding hydrogens is 517 g/mol. The smallest absolute Gasteiger partial charge is 0.252 e. The summed E-state index contributed by atoms with van der Waals surface area (Å²) >= 11 is 2.66. The molecule has 11 heteroatoms. The largest absolute Gasteiger partial charge is 0.494 e. The summed E-state index contributed by atoms with van der Waals surface area (Å²) in [5.74, 6) is 0.434. The van der Waals surface area contributed by atoms with Gasteiger partial charge in [0.2, 0.25) is 5.91 Å². The van der Waals surface area contributed by atoms with Gasteiger partial charge in [0.05, 0.1) is 23.4 Å². The average molecular weight is 543 g/mol. The van der Waals surface area contributed by atoms with E-state index in [9.17, 15) is 13.2 Å². The lowest BCUT2D eigenvalue weighted by Gasteiger charge is -2.32. The molecule has 0 bridgehead atoms. The maximum atomic E-state index is 13.8. The van der Waals surface area contributed by atoms with Crippen LogP contribution in [0, 0.1) is 5.92 Å². The minimum absolute atomic E-state index is 0.0453. The molecule has 0 saturated carbocycles. The molecule has 5 rings (SSSR count). The summed E-state index contributed by atoms with van der Waals surface area (Å²) in [4.78, 5) is 24.5. The molecule has 1 saturated heterocycles. The average Bonchev–Trinajstić information content (AvgIpc) is 3.58. The van der Waals surface area contributed by atoms with Crippen molar-refractivity contribution in [1.82, 2.24) is 14.3 Å². The van der Waals surface area contributed by atoms with Crippen molar-refractivity contribution in [1.29, 1.82) is 0 Å². The summed E-state index contributed by atoms with van der Waals surface area (Å²) in [7, 11) is -3.52. The Bertz CT molecular complexity index is 1430. The minimum Gasteiger partial charge on any atom is -0.494 e. The summed E-state index contributed by atoms with van der Waals surface area (Å²) in [6.45, 7) is 3.49. The molecule has 3 aromatic heterocycles. The van der Waals surface area contributed by atoms with Gasteiger partial charge in [-0.1, -0.05) is 23.5 Å². The molecule has 0 spiro atoms. The molecule has 188 valence electrons. The number of carbonyl (C=O) groups excluding carboxylic acids is 1. The third kappa shape index (κ3) is 5.15. The number of amides is 1. The lowest BCUT2D eigenvalue weighted by atomic mass is 9.96. The van der Waals surface area contributed by atoms with Gasteiger partial charge in [0.25, 0.3) is 10.0 Å². The molecule has 1 fully saturated rings. The van der Waals surface area contributed by atoms with E-state index < -0.39 is 10.0 Å². The third-order valence-corrected chi connectivity index (χ3v) is 10.4. The zero-order chi connectivity index (χ0) is 25.1. The number of aromatic nitrogens is 2. The Kier molecular flexibility index (Phi) is 7.33. The highest BCUT2D eigenvalue weighted by molar-refractivity contribution is 7.91. The van der Waals surface area contributed by atoms with Crippen LogP contribution in [-0.2, 0) is 21.4 Å². The number of ether oxygens (including phenoxy) is 1. The number of anilines is 1. The normalized spacial score (nSPS) is 15.2. The molecule has 0 unspecified atom stereocenters. The maximum Gasteiger partial charge on any atom is 0.252 e. The van der Waals surface area contributed by atoms with E-state index in [2.05, 4.69) is 4.98 Å². The first-order valence-electron chi connectivity index (χ1n) is 11.7.